The Kier molecular flexibility index (Phi) is 16.1. The van der Waals surface area contributed by atoms with Crippen molar-refractivity contribution in [3.05, 3.63) is 0 Å². The molecule has 26 nitrogen and oxygen atoms in total. The van der Waals surface area contributed by atoms with Crippen molar-refractivity contribution >= 4 is 0 Å². The van der Waals surface area contributed by atoms with E-state index in [-0.39, 0.29) is 0 Å². The Bertz CT molecular complexity index is 1200. The van der Waals surface area contributed by atoms with Gasteiger partial charge in [0.05, 0.1) is 33.0 Å². The zero-order valence-electron chi connectivity index (χ0n) is 29.2. The second-order valence-electron chi connectivity index (χ2n) is 14.1. The zero-order valence-corrected chi connectivity index (χ0v) is 29.2. The minimum absolute atomic E-state index is 0.699. The zero-order chi connectivity index (χ0) is 41.3. The monoisotopic (exact) mass is 828 g/mol. The van der Waals surface area contributed by atoms with Gasteiger partial charge in [-0.3, -0.25) is 0 Å². The summed E-state index contributed by atoms with van der Waals surface area (Å²) in [7, 11) is 0. The van der Waals surface area contributed by atoms with Crippen LogP contribution in [0, 0.1) is 0 Å². The third-order valence-electron chi connectivity index (χ3n) is 10.3. The van der Waals surface area contributed by atoms with Crippen LogP contribution in [0.15, 0.2) is 0 Å². The van der Waals surface area contributed by atoms with Gasteiger partial charge in [-0.2, -0.15) is 0 Å². The van der Waals surface area contributed by atoms with Crippen molar-refractivity contribution in [3.63, 3.8) is 0 Å². The van der Waals surface area contributed by atoms with Crippen LogP contribution in [0.3, 0.4) is 0 Å². The summed E-state index contributed by atoms with van der Waals surface area (Å²) in [6.07, 6.45) is -45.3. The molecule has 0 aromatic carbocycles. The molecule has 0 spiro atoms. The Balaban J connectivity index is 1.29. The molecule has 0 radical (unpaired) electrons. The lowest BCUT2D eigenvalue weighted by Gasteiger charge is -2.47. The van der Waals surface area contributed by atoms with Crippen LogP contribution in [-0.4, -0.2) is 273 Å². The molecule has 1 unspecified atom stereocenters. The number of rotatable bonds is 13. The molecular weight excluding hydrogens is 776 g/mol. The molecule has 0 saturated carbocycles. The summed E-state index contributed by atoms with van der Waals surface area (Å²) in [5.74, 6) is 0. The highest BCUT2D eigenvalue weighted by molar-refractivity contribution is 4.96. The van der Waals surface area contributed by atoms with Crippen molar-refractivity contribution < 1.29 is 129 Å². The number of ether oxygens (including phenoxy) is 9. The summed E-state index contributed by atoms with van der Waals surface area (Å²) < 4.78 is 49.0. The molecule has 5 saturated heterocycles. The van der Waals surface area contributed by atoms with E-state index in [0.29, 0.717) is 0 Å². The fraction of sp³-hybridized carbons (Fsp3) is 1.00. The second kappa shape index (κ2) is 19.6. The van der Waals surface area contributed by atoms with Gasteiger partial charge >= 0.3 is 0 Å². The topological polar surface area (TPSA) is 427 Å². The summed E-state index contributed by atoms with van der Waals surface area (Å²) in [5.41, 5.74) is 0. The number of hydrogen-bond acceptors (Lipinski definition) is 26. The van der Waals surface area contributed by atoms with Gasteiger partial charge in [-0.25, -0.2) is 0 Å². The quantitative estimate of drug-likeness (QED) is 0.0819. The molecule has 5 rings (SSSR count). The minimum Gasteiger partial charge on any atom is -0.394 e. The second-order valence-corrected chi connectivity index (χ2v) is 14.1. The molecule has 0 aliphatic carbocycles. The molecule has 0 amide bonds. The molecule has 25 atom stereocenters. The first-order valence-corrected chi connectivity index (χ1v) is 17.6. The normalized spacial score (nSPS) is 53.2. The van der Waals surface area contributed by atoms with Crippen LogP contribution in [0.25, 0.3) is 0 Å². The molecule has 0 aromatic rings. The Morgan fingerprint density at radius 3 is 1.07 bits per heavy atom. The van der Waals surface area contributed by atoms with Gasteiger partial charge in [-0.05, 0) is 0 Å². The minimum atomic E-state index is -2.05. The Morgan fingerprint density at radius 2 is 0.625 bits per heavy atom. The molecule has 0 bridgehead atoms. The van der Waals surface area contributed by atoms with Crippen LogP contribution >= 0.6 is 0 Å². The van der Waals surface area contributed by atoms with Gasteiger partial charge < -0.3 is 129 Å². The lowest BCUT2D eigenvalue weighted by atomic mass is 9.96. The standard InChI is InChI=1S/C30H52O26/c31-1-6-11(33)17(39)21(43)27(52-6)49-5-10-15(37)25(56-30-23(45)18(40)12(34)7(2-32)53-30)24(46)29(55-10)50-4-9-14(36)19(41)22(44)28(54-9)48-3-8-13(35)16(38)20(42)26(47)51-8/h6-47H,1-5H2/t6-,7-,8-,9-,10-,11-,12-,13-,14-,15-,16+,17+,18+,19+,20-,21-,22-,23-,24-,25+,26?,27-,28-,29-,30+/m1/s1. The van der Waals surface area contributed by atoms with Crippen molar-refractivity contribution in [2.24, 2.45) is 0 Å². The smallest absolute Gasteiger partial charge is 0.187 e. The lowest BCUT2D eigenvalue weighted by Crippen LogP contribution is -2.65. The van der Waals surface area contributed by atoms with Gasteiger partial charge in [0.15, 0.2) is 31.5 Å². The summed E-state index contributed by atoms with van der Waals surface area (Å²) in [4.78, 5) is 0. The molecular formula is C30H52O26. The van der Waals surface area contributed by atoms with E-state index in [9.17, 15) is 86.8 Å². The van der Waals surface area contributed by atoms with E-state index in [0.717, 1.165) is 0 Å². The highest BCUT2D eigenvalue weighted by Gasteiger charge is 2.53. The van der Waals surface area contributed by atoms with E-state index in [1.165, 1.54) is 0 Å². The van der Waals surface area contributed by atoms with E-state index in [1.807, 2.05) is 0 Å². The third kappa shape index (κ3) is 9.61. The molecule has 26 heteroatoms. The van der Waals surface area contributed by atoms with E-state index in [1.54, 1.807) is 0 Å². The summed E-state index contributed by atoms with van der Waals surface area (Å²) in [6, 6.07) is 0. The Morgan fingerprint density at radius 1 is 0.304 bits per heavy atom. The molecule has 328 valence electrons. The predicted molar refractivity (Wildman–Crippen MR) is 167 cm³/mol. The van der Waals surface area contributed by atoms with Crippen LogP contribution in [0.4, 0.5) is 0 Å². The molecule has 0 aromatic heterocycles. The molecule has 5 fully saturated rings. The number of aliphatic hydroxyl groups is 17. The Hall–Kier alpha value is -1.04. The van der Waals surface area contributed by atoms with Crippen LogP contribution in [0.5, 0.6) is 0 Å². The van der Waals surface area contributed by atoms with E-state index in [4.69, 9.17) is 42.6 Å². The summed E-state index contributed by atoms with van der Waals surface area (Å²) >= 11 is 0. The predicted octanol–water partition coefficient (Wildman–Crippen LogP) is -11.9. The van der Waals surface area contributed by atoms with Crippen molar-refractivity contribution in [1.82, 2.24) is 0 Å². The van der Waals surface area contributed by atoms with Gasteiger partial charge in [0.2, 0.25) is 0 Å². The third-order valence-corrected chi connectivity index (χ3v) is 10.3. The number of hydrogen-bond donors (Lipinski definition) is 17. The average molecular weight is 829 g/mol. The maximum atomic E-state index is 11.3. The van der Waals surface area contributed by atoms with Gasteiger partial charge in [-0.15, -0.1) is 0 Å². The molecule has 56 heavy (non-hydrogen) atoms. The number of aliphatic hydroxyl groups excluding tert-OH is 17. The maximum absolute atomic E-state index is 11.3. The van der Waals surface area contributed by atoms with Gasteiger partial charge in [-0.1, -0.05) is 0 Å². The highest BCUT2D eigenvalue weighted by Crippen LogP contribution is 2.32. The summed E-state index contributed by atoms with van der Waals surface area (Å²) in [5, 5.41) is 175. The van der Waals surface area contributed by atoms with Crippen LogP contribution < -0.4 is 0 Å². The van der Waals surface area contributed by atoms with E-state index < -0.39 is 187 Å². The van der Waals surface area contributed by atoms with Crippen LogP contribution in [0.1, 0.15) is 0 Å². The largest absolute Gasteiger partial charge is 0.394 e. The fourth-order valence-electron chi connectivity index (χ4n) is 6.71. The first-order valence-electron chi connectivity index (χ1n) is 17.6. The van der Waals surface area contributed by atoms with E-state index >= 15 is 0 Å². The first kappa shape index (κ1) is 46.0. The van der Waals surface area contributed by atoms with Gasteiger partial charge in [0.1, 0.15) is 122 Å². The first-order chi connectivity index (χ1) is 26.4. The molecule has 5 aliphatic rings. The molecule has 17 N–H and O–H groups in total. The molecule has 5 aliphatic heterocycles. The van der Waals surface area contributed by atoms with Crippen LogP contribution in [0.2, 0.25) is 0 Å². The van der Waals surface area contributed by atoms with Crippen molar-refractivity contribution in [2.45, 2.75) is 154 Å². The van der Waals surface area contributed by atoms with Gasteiger partial charge in [0, 0.05) is 0 Å². The van der Waals surface area contributed by atoms with E-state index in [2.05, 4.69) is 0 Å². The average Bonchev–Trinajstić information content (AvgIpc) is 3.18. The van der Waals surface area contributed by atoms with Gasteiger partial charge in [0.25, 0.3) is 0 Å². The fourth-order valence-corrected chi connectivity index (χ4v) is 6.71. The maximum Gasteiger partial charge on any atom is 0.187 e. The summed E-state index contributed by atoms with van der Waals surface area (Å²) in [6.45, 7) is -3.94. The SMILES string of the molecule is OC[C@H]1O[C@@H](OC[C@H]2O[C@@H](OC[C@H]3O[C@@H](OC[C@H]4OC(O)[C@H](O)[C@@H](O)[C@@H]4O)[C@H](O)[C@@H](O)[C@@H]3O)[C@H](O)[C@@H](O[C@@H]3O[C@H](CO)[C@@H](O)[C@H](O)[C@H]3O)[C@@H]2O)[C@H](O)[C@@H](O)[C@@H]1O. The van der Waals surface area contributed by atoms with Crippen molar-refractivity contribution in [1.29, 1.82) is 0 Å². The highest BCUT2D eigenvalue weighted by atomic mass is 16.8. The van der Waals surface area contributed by atoms with Crippen LogP contribution in [-0.2, 0) is 42.6 Å². The molecule has 5 heterocycles. The van der Waals surface area contributed by atoms with Crippen molar-refractivity contribution in [3.8, 4) is 0 Å². The lowest BCUT2D eigenvalue weighted by molar-refractivity contribution is -0.371. The van der Waals surface area contributed by atoms with Crippen molar-refractivity contribution in [2.75, 3.05) is 33.0 Å². The Labute approximate surface area is 316 Å².